The highest BCUT2D eigenvalue weighted by atomic mass is 35.5. The van der Waals surface area contributed by atoms with Crippen molar-refractivity contribution in [3.05, 3.63) is 88.4 Å². The highest BCUT2D eigenvalue weighted by Crippen LogP contribution is 2.48. The van der Waals surface area contributed by atoms with Crippen molar-refractivity contribution < 1.29 is 14.2 Å². The summed E-state index contributed by atoms with van der Waals surface area (Å²) in [6, 6.07) is 22.1. The Balaban J connectivity index is 1.48. The fourth-order valence-corrected chi connectivity index (χ4v) is 4.49. The molecule has 0 radical (unpaired) electrons. The van der Waals surface area contributed by atoms with Crippen molar-refractivity contribution in [2.45, 2.75) is 39.0 Å². The van der Waals surface area contributed by atoms with Gasteiger partial charge in [0.2, 0.25) is 6.23 Å². The van der Waals surface area contributed by atoms with Crippen LogP contribution in [0, 0.1) is 0 Å². The lowest BCUT2D eigenvalue weighted by Crippen LogP contribution is -2.33. The van der Waals surface area contributed by atoms with E-state index in [9.17, 15) is 0 Å². The van der Waals surface area contributed by atoms with Crippen molar-refractivity contribution in [1.29, 1.82) is 0 Å². The Morgan fingerprint density at radius 2 is 1.70 bits per heavy atom. The lowest BCUT2D eigenvalue weighted by molar-refractivity contribution is -0.0190. The van der Waals surface area contributed by atoms with Crippen molar-refractivity contribution in [2.75, 3.05) is 13.2 Å². The van der Waals surface area contributed by atoms with Crippen LogP contribution in [0.4, 0.5) is 0 Å². The zero-order valence-electron chi connectivity index (χ0n) is 18.8. The zero-order valence-corrected chi connectivity index (χ0v) is 19.6. The molecule has 33 heavy (non-hydrogen) atoms. The van der Waals surface area contributed by atoms with Crippen LogP contribution >= 0.6 is 11.6 Å². The van der Waals surface area contributed by atoms with Crippen LogP contribution in [-0.4, -0.2) is 23.9 Å². The predicted molar refractivity (Wildman–Crippen MR) is 130 cm³/mol. The van der Waals surface area contributed by atoms with E-state index in [1.165, 1.54) is 0 Å². The zero-order chi connectivity index (χ0) is 22.8. The van der Waals surface area contributed by atoms with Crippen LogP contribution in [0.5, 0.6) is 17.2 Å². The quantitative estimate of drug-likeness (QED) is 0.388. The van der Waals surface area contributed by atoms with Gasteiger partial charge in [-0.1, -0.05) is 18.5 Å². The molecule has 5 rings (SSSR count). The third-order valence-electron chi connectivity index (χ3n) is 5.89. The van der Waals surface area contributed by atoms with E-state index in [0.717, 1.165) is 52.5 Å². The molecule has 0 fully saturated rings. The van der Waals surface area contributed by atoms with Gasteiger partial charge in [0.25, 0.3) is 0 Å². The first-order chi connectivity index (χ1) is 16.2. The molecule has 2 atom stereocenters. The molecule has 5 nitrogen and oxygen atoms in total. The number of rotatable bonds is 7. The minimum absolute atomic E-state index is 0.0510. The fraction of sp³-hybridized carbons (Fsp3) is 0.296. The second kappa shape index (κ2) is 9.36. The third-order valence-corrected chi connectivity index (χ3v) is 6.12. The topological polar surface area (TPSA) is 43.3 Å². The second-order valence-corrected chi connectivity index (χ2v) is 8.61. The van der Waals surface area contributed by atoms with E-state index in [1.807, 2.05) is 49.4 Å². The van der Waals surface area contributed by atoms with Crippen molar-refractivity contribution in [2.24, 2.45) is 5.10 Å². The van der Waals surface area contributed by atoms with Gasteiger partial charge in [-0.25, -0.2) is 5.01 Å². The average molecular weight is 463 g/mol. The molecule has 0 amide bonds. The van der Waals surface area contributed by atoms with E-state index in [0.29, 0.717) is 18.2 Å². The standard InChI is InChI=1S/C27H27ClN2O3/c1-3-15-32-22-12-7-19(8-13-22)27-30-25(23-16-20(28)9-14-26(23)33-27)17-24(29-30)18-5-10-21(11-6-18)31-4-2/h5-14,16,25,27H,3-4,15,17H2,1-2H3/t25-,27+/m0/s1. The molecule has 170 valence electrons. The molecule has 0 spiro atoms. The van der Waals surface area contributed by atoms with Crippen LogP contribution in [0.25, 0.3) is 0 Å². The summed E-state index contributed by atoms with van der Waals surface area (Å²) in [7, 11) is 0. The molecule has 3 aromatic carbocycles. The molecule has 3 aromatic rings. The van der Waals surface area contributed by atoms with Gasteiger partial charge < -0.3 is 14.2 Å². The van der Waals surface area contributed by atoms with Crippen LogP contribution < -0.4 is 14.2 Å². The van der Waals surface area contributed by atoms with Gasteiger partial charge in [0.05, 0.1) is 25.0 Å². The van der Waals surface area contributed by atoms with E-state index in [1.54, 1.807) is 0 Å². The summed E-state index contributed by atoms with van der Waals surface area (Å²) in [5, 5.41) is 7.78. The minimum Gasteiger partial charge on any atom is -0.494 e. The Bertz CT molecular complexity index is 1150. The van der Waals surface area contributed by atoms with Crippen LogP contribution in [0.2, 0.25) is 5.02 Å². The molecule has 0 N–H and O–H groups in total. The van der Waals surface area contributed by atoms with Crippen molar-refractivity contribution in [3.63, 3.8) is 0 Å². The first-order valence-corrected chi connectivity index (χ1v) is 11.8. The van der Waals surface area contributed by atoms with E-state index < -0.39 is 0 Å². The summed E-state index contributed by atoms with van der Waals surface area (Å²) in [6.07, 6.45) is 1.42. The third kappa shape index (κ3) is 4.38. The molecule has 2 heterocycles. The van der Waals surface area contributed by atoms with Crippen LogP contribution in [0.1, 0.15) is 55.6 Å². The Kier molecular flexibility index (Phi) is 6.14. The molecule has 0 saturated heterocycles. The maximum absolute atomic E-state index is 6.44. The highest BCUT2D eigenvalue weighted by molar-refractivity contribution is 6.30. The van der Waals surface area contributed by atoms with Crippen LogP contribution in [0.15, 0.2) is 71.8 Å². The van der Waals surface area contributed by atoms with Gasteiger partial charge in [0.1, 0.15) is 17.2 Å². The number of nitrogens with zero attached hydrogens (tertiary/aromatic N) is 2. The number of halogens is 1. The van der Waals surface area contributed by atoms with Crippen molar-refractivity contribution in [1.82, 2.24) is 5.01 Å². The first-order valence-electron chi connectivity index (χ1n) is 11.4. The first kappa shape index (κ1) is 21.7. The van der Waals surface area contributed by atoms with Gasteiger partial charge in [-0.2, -0.15) is 5.10 Å². The fourth-order valence-electron chi connectivity index (χ4n) is 4.31. The largest absolute Gasteiger partial charge is 0.494 e. The summed E-state index contributed by atoms with van der Waals surface area (Å²) in [5.74, 6) is 2.57. The Hall–Kier alpha value is -3.18. The van der Waals surface area contributed by atoms with E-state index in [4.69, 9.17) is 30.9 Å². The molecule has 0 bridgehead atoms. The van der Waals surface area contributed by atoms with Crippen molar-refractivity contribution in [3.8, 4) is 17.2 Å². The number of hydrogen-bond donors (Lipinski definition) is 0. The summed E-state index contributed by atoms with van der Waals surface area (Å²) in [6.45, 7) is 5.44. The molecule has 0 unspecified atom stereocenters. The van der Waals surface area contributed by atoms with Gasteiger partial charge in [0, 0.05) is 22.6 Å². The molecular weight excluding hydrogens is 436 g/mol. The van der Waals surface area contributed by atoms with Gasteiger partial charge in [-0.05, 0) is 85.6 Å². The van der Waals surface area contributed by atoms with Crippen LogP contribution in [-0.2, 0) is 0 Å². The average Bonchev–Trinajstić information content (AvgIpc) is 3.29. The van der Waals surface area contributed by atoms with Gasteiger partial charge >= 0.3 is 0 Å². The van der Waals surface area contributed by atoms with Crippen molar-refractivity contribution >= 4 is 17.3 Å². The van der Waals surface area contributed by atoms with E-state index >= 15 is 0 Å². The summed E-state index contributed by atoms with van der Waals surface area (Å²) < 4.78 is 17.8. The second-order valence-electron chi connectivity index (χ2n) is 8.17. The maximum atomic E-state index is 6.44. The smallest absolute Gasteiger partial charge is 0.213 e. The monoisotopic (exact) mass is 462 g/mol. The van der Waals surface area contributed by atoms with Gasteiger partial charge in [0.15, 0.2) is 0 Å². The van der Waals surface area contributed by atoms with E-state index in [2.05, 4.69) is 36.2 Å². The maximum Gasteiger partial charge on any atom is 0.213 e. The lowest BCUT2D eigenvalue weighted by atomic mass is 9.96. The molecule has 2 aliphatic heterocycles. The lowest BCUT2D eigenvalue weighted by Gasteiger charge is -2.38. The Morgan fingerprint density at radius 1 is 0.970 bits per heavy atom. The number of fused-ring (bicyclic) bond motifs is 3. The molecule has 0 saturated carbocycles. The molecule has 0 aromatic heterocycles. The minimum atomic E-state index is -0.330. The van der Waals surface area contributed by atoms with Gasteiger partial charge in [-0.15, -0.1) is 0 Å². The molecular formula is C27H27ClN2O3. The summed E-state index contributed by atoms with van der Waals surface area (Å²) in [4.78, 5) is 0. The van der Waals surface area contributed by atoms with E-state index in [-0.39, 0.29) is 12.3 Å². The number of ether oxygens (including phenoxy) is 3. The molecule has 0 aliphatic carbocycles. The molecule has 2 aliphatic rings. The number of hydrazone groups is 1. The van der Waals surface area contributed by atoms with Crippen LogP contribution in [0.3, 0.4) is 0 Å². The predicted octanol–water partition coefficient (Wildman–Crippen LogP) is 6.77. The summed E-state index contributed by atoms with van der Waals surface area (Å²) >= 11 is 6.34. The normalized spacial score (nSPS) is 18.8. The number of benzene rings is 3. The Labute approximate surface area is 199 Å². The number of hydrogen-bond acceptors (Lipinski definition) is 5. The SMILES string of the molecule is CCCOc1ccc([C@H]2Oc3ccc(Cl)cc3[C@@H]3CC(c4ccc(OCC)cc4)=NN23)cc1. The Morgan fingerprint density at radius 3 is 2.42 bits per heavy atom. The van der Waals surface area contributed by atoms with Gasteiger partial charge in [-0.3, -0.25) is 0 Å². The molecule has 6 heteroatoms. The summed E-state index contributed by atoms with van der Waals surface area (Å²) in [5.41, 5.74) is 4.19. The highest BCUT2D eigenvalue weighted by Gasteiger charge is 2.41.